The van der Waals surface area contributed by atoms with Crippen molar-refractivity contribution >= 4 is 5.69 Å². The highest BCUT2D eigenvalue weighted by Gasteiger charge is 2.03. The number of rotatable bonds is 8. The molecule has 0 radical (unpaired) electrons. The molecule has 0 atom stereocenters. The van der Waals surface area contributed by atoms with Crippen LogP contribution >= 0.6 is 0 Å². The number of ether oxygens (including phenoxy) is 2. The first-order chi connectivity index (χ1) is 10.3. The van der Waals surface area contributed by atoms with Crippen molar-refractivity contribution < 1.29 is 9.47 Å². The third kappa shape index (κ3) is 4.80. The van der Waals surface area contributed by atoms with Crippen LogP contribution in [-0.4, -0.2) is 19.8 Å². The zero-order valence-electron chi connectivity index (χ0n) is 12.8. The van der Waals surface area contributed by atoms with Gasteiger partial charge in [0.2, 0.25) is 0 Å². The van der Waals surface area contributed by atoms with E-state index in [-0.39, 0.29) is 0 Å². The minimum absolute atomic E-state index is 0.566. The van der Waals surface area contributed by atoms with Crippen molar-refractivity contribution in [1.29, 1.82) is 0 Å². The van der Waals surface area contributed by atoms with E-state index in [1.807, 2.05) is 31.2 Å². The van der Waals surface area contributed by atoms with Gasteiger partial charge in [-0.15, -0.1) is 0 Å². The van der Waals surface area contributed by atoms with Gasteiger partial charge in [0.1, 0.15) is 12.4 Å². The predicted molar refractivity (Wildman–Crippen MR) is 86.9 cm³/mol. The summed E-state index contributed by atoms with van der Waals surface area (Å²) in [7, 11) is 0. The van der Waals surface area contributed by atoms with E-state index in [2.05, 4.69) is 36.5 Å². The summed E-state index contributed by atoms with van der Waals surface area (Å²) in [5.74, 6) is 0.866. The highest BCUT2D eigenvalue weighted by atomic mass is 16.5. The zero-order chi connectivity index (χ0) is 14.9. The molecule has 2 aromatic carbocycles. The number of hydrogen-bond acceptors (Lipinski definition) is 3. The first kappa shape index (κ1) is 15.4. The minimum Gasteiger partial charge on any atom is -0.489 e. The summed E-state index contributed by atoms with van der Waals surface area (Å²) < 4.78 is 11.1. The van der Waals surface area contributed by atoms with E-state index in [4.69, 9.17) is 9.47 Å². The van der Waals surface area contributed by atoms with Crippen LogP contribution in [0.2, 0.25) is 0 Å². The highest BCUT2D eigenvalue weighted by Crippen LogP contribution is 2.24. The van der Waals surface area contributed by atoms with Gasteiger partial charge in [0, 0.05) is 13.2 Å². The fourth-order valence-corrected chi connectivity index (χ4v) is 2.09. The molecule has 2 rings (SSSR count). The highest BCUT2D eigenvalue weighted by molar-refractivity contribution is 5.56. The Hall–Kier alpha value is -2.00. The number of para-hydroxylation sites is 2. The third-order valence-corrected chi connectivity index (χ3v) is 3.31. The van der Waals surface area contributed by atoms with Gasteiger partial charge >= 0.3 is 0 Å². The SMILES string of the molecule is CCOCCOc1ccccc1NCc1ccccc1C. The molecule has 1 N–H and O–H groups in total. The van der Waals surface area contributed by atoms with Gasteiger partial charge < -0.3 is 14.8 Å². The smallest absolute Gasteiger partial charge is 0.142 e. The second-order valence-electron chi connectivity index (χ2n) is 4.82. The maximum Gasteiger partial charge on any atom is 0.142 e. The summed E-state index contributed by atoms with van der Waals surface area (Å²) >= 11 is 0. The van der Waals surface area contributed by atoms with Crippen LogP contribution in [0.25, 0.3) is 0 Å². The lowest BCUT2D eigenvalue weighted by molar-refractivity contribution is 0.110. The molecule has 21 heavy (non-hydrogen) atoms. The molecule has 0 aliphatic heterocycles. The molecular formula is C18H23NO2. The van der Waals surface area contributed by atoms with E-state index < -0.39 is 0 Å². The molecule has 0 aliphatic carbocycles. The van der Waals surface area contributed by atoms with Crippen LogP contribution in [0.4, 0.5) is 5.69 Å². The summed E-state index contributed by atoms with van der Waals surface area (Å²) in [4.78, 5) is 0. The average molecular weight is 285 g/mol. The van der Waals surface area contributed by atoms with Crippen molar-refractivity contribution in [2.24, 2.45) is 0 Å². The Balaban J connectivity index is 1.95. The lowest BCUT2D eigenvalue weighted by Gasteiger charge is -2.14. The molecule has 2 aromatic rings. The fourth-order valence-electron chi connectivity index (χ4n) is 2.09. The molecule has 0 unspecified atom stereocenters. The Morgan fingerprint density at radius 3 is 2.52 bits per heavy atom. The first-order valence-corrected chi connectivity index (χ1v) is 7.39. The van der Waals surface area contributed by atoms with Crippen molar-refractivity contribution in [3.8, 4) is 5.75 Å². The van der Waals surface area contributed by atoms with E-state index in [1.165, 1.54) is 11.1 Å². The van der Waals surface area contributed by atoms with Gasteiger partial charge in [0.15, 0.2) is 0 Å². The van der Waals surface area contributed by atoms with Crippen molar-refractivity contribution in [1.82, 2.24) is 0 Å². The average Bonchev–Trinajstić information content (AvgIpc) is 2.52. The second-order valence-corrected chi connectivity index (χ2v) is 4.82. The molecule has 0 aliphatic rings. The Morgan fingerprint density at radius 2 is 1.71 bits per heavy atom. The van der Waals surface area contributed by atoms with Crippen LogP contribution in [0.15, 0.2) is 48.5 Å². The van der Waals surface area contributed by atoms with Gasteiger partial charge in [-0.05, 0) is 37.1 Å². The molecule has 0 aromatic heterocycles. The van der Waals surface area contributed by atoms with Crippen LogP contribution < -0.4 is 10.1 Å². The predicted octanol–water partition coefficient (Wildman–Crippen LogP) is 4.02. The molecule has 3 heteroatoms. The molecule has 0 spiro atoms. The molecule has 0 bridgehead atoms. The summed E-state index contributed by atoms with van der Waals surface area (Å²) in [6.45, 7) is 6.80. The second kappa shape index (κ2) is 8.32. The fraction of sp³-hybridized carbons (Fsp3) is 0.333. The van der Waals surface area contributed by atoms with Crippen LogP contribution in [0.3, 0.4) is 0 Å². The molecule has 0 saturated heterocycles. The lowest BCUT2D eigenvalue weighted by Crippen LogP contribution is -2.08. The molecule has 3 nitrogen and oxygen atoms in total. The van der Waals surface area contributed by atoms with Crippen molar-refractivity contribution in [3.05, 3.63) is 59.7 Å². The standard InChI is InChI=1S/C18H23NO2/c1-3-20-12-13-21-18-11-7-6-10-17(18)19-14-16-9-5-4-8-15(16)2/h4-11,19H,3,12-14H2,1-2H3. The number of benzene rings is 2. The lowest BCUT2D eigenvalue weighted by atomic mass is 10.1. The summed E-state index contributed by atoms with van der Waals surface area (Å²) in [5.41, 5.74) is 3.60. The quantitative estimate of drug-likeness (QED) is 0.743. The van der Waals surface area contributed by atoms with Gasteiger partial charge in [-0.3, -0.25) is 0 Å². The third-order valence-electron chi connectivity index (χ3n) is 3.31. The van der Waals surface area contributed by atoms with Gasteiger partial charge in [-0.1, -0.05) is 36.4 Å². The normalized spacial score (nSPS) is 10.4. The Labute approximate surface area is 126 Å². The maximum absolute atomic E-state index is 5.77. The number of anilines is 1. The van der Waals surface area contributed by atoms with Crippen molar-refractivity contribution in [2.75, 3.05) is 25.1 Å². The van der Waals surface area contributed by atoms with Gasteiger partial charge in [0.05, 0.1) is 12.3 Å². The van der Waals surface area contributed by atoms with E-state index >= 15 is 0 Å². The molecule has 112 valence electrons. The van der Waals surface area contributed by atoms with Crippen LogP contribution in [0.5, 0.6) is 5.75 Å². The number of hydrogen-bond donors (Lipinski definition) is 1. The molecular weight excluding hydrogens is 262 g/mol. The monoisotopic (exact) mass is 285 g/mol. The van der Waals surface area contributed by atoms with Crippen LogP contribution in [0.1, 0.15) is 18.1 Å². The minimum atomic E-state index is 0.566. The zero-order valence-corrected chi connectivity index (χ0v) is 12.8. The molecule has 0 amide bonds. The molecule has 0 heterocycles. The molecule has 0 saturated carbocycles. The van der Waals surface area contributed by atoms with Gasteiger partial charge in [-0.25, -0.2) is 0 Å². The summed E-state index contributed by atoms with van der Waals surface area (Å²) in [6, 6.07) is 16.4. The van der Waals surface area contributed by atoms with E-state index in [1.54, 1.807) is 0 Å². The van der Waals surface area contributed by atoms with Crippen LogP contribution in [0, 0.1) is 6.92 Å². The van der Waals surface area contributed by atoms with E-state index in [0.29, 0.717) is 13.2 Å². The Bertz CT molecular complexity index is 554. The largest absolute Gasteiger partial charge is 0.489 e. The maximum atomic E-state index is 5.77. The van der Waals surface area contributed by atoms with Crippen molar-refractivity contribution in [3.63, 3.8) is 0 Å². The summed E-state index contributed by atoms with van der Waals surface area (Å²) in [5, 5.41) is 3.45. The van der Waals surface area contributed by atoms with E-state index in [0.717, 1.165) is 24.6 Å². The Kier molecular flexibility index (Phi) is 6.10. The van der Waals surface area contributed by atoms with Crippen LogP contribution in [-0.2, 0) is 11.3 Å². The van der Waals surface area contributed by atoms with Crippen molar-refractivity contribution in [2.45, 2.75) is 20.4 Å². The summed E-state index contributed by atoms with van der Waals surface area (Å²) in [6.07, 6.45) is 0. The molecule has 0 fully saturated rings. The van der Waals surface area contributed by atoms with Gasteiger partial charge in [-0.2, -0.15) is 0 Å². The van der Waals surface area contributed by atoms with Gasteiger partial charge in [0.25, 0.3) is 0 Å². The van der Waals surface area contributed by atoms with E-state index in [9.17, 15) is 0 Å². The Morgan fingerprint density at radius 1 is 0.952 bits per heavy atom. The first-order valence-electron chi connectivity index (χ1n) is 7.39. The number of aryl methyl sites for hydroxylation is 1. The number of nitrogens with one attached hydrogen (secondary N) is 1. The topological polar surface area (TPSA) is 30.5 Å².